The molecule has 4 nitrogen and oxygen atoms in total. The Morgan fingerprint density at radius 2 is 1.95 bits per heavy atom. The standard InChI is InChI=1S/C15H24N2O2/c1-4-12(3)17(5-2)15(18)11-19-14-8-6-13(10-16)7-9-14/h6-9,12H,4-5,10-11,16H2,1-3H3. The normalized spacial score (nSPS) is 12.0. The third-order valence-electron chi connectivity index (χ3n) is 3.31. The molecule has 1 amide bonds. The Morgan fingerprint density at radius 3 is 2.42 bits per heavy atom. The SMILES string of the molecule is CCC(C)N(CC)C(=O)COc1ccc(CN)cc1. The molecule has 1 atom stereocenters. The van der Waals surface area contributed by atoms with Gasteiger partial charge in [0.1, 0.15) is 5.75 Å². The fourth-order valence-electron chi connectivity index (χ4n) is 1.90. The van der Waals surface area contributed by atoms with E-state index in [-0.39, 0.29) is 18.6 Å². The van der Waals surface area contributed by atoms with Crippen molar-refractivity contribution in [2.75, 3.05) is 13.2 Å². The lowest BCUT2D eigenvalue weighted by atomic mass is 10.2. The number of benzene rings is 1. The monoisotopic (exact) mass is 264 g/mol. The summed E-state index contributed by atoms with van der Waals surface area (Å²) in [4.78, 5) is 13.9. The first-order valence-electron chi connectivity index (χ1n) is 6.83. The third kappa shape index (κ3) is 4.56. The lowest BCUT2D eigenvalue weighted by Crippen LogP contribution is -2.40. The maximum atomic E-state index is 12.1. The number of ether oxygens (including phenoxy) is 1. The van der Waals surface area contributed by atoms with E-state index in [1.807, 2.05) is 36.1 Å². The van der Waals surface area contributed by atoms with Crippen LogP contribution in [0.4, 0.5) is 0 Å². The van der Waals surface area contributed by atoms with Gasteiger partial charge in [0.25, 0.3) is 5.91 Å². The highest BCUT2D eigenvalue weighted by atomic mass is 16.5. The molecule has 0 spiro atoms. The van der Waals surface area contributed by atoms with Crippen LogP contribution >= 0.6 is 0 Å². The van der Waals surface area contributed by atoms with Gasteiger partial charge in [0.15, 0.2) is 6.61 Å². The average molecular weight is 264 g/mol. The quantitative estimate of drug-likeness (QED) is 0.821. The van der Waals surface area contributed by atoms with Crippen LogP contribution in [0, 0.1) is 0 Å². The Labute approximate surface area is 115 Å². The van der Waals surface area contributed by atoms with E-state index in [2.05, 4.69) is 13.8 Å². The first-order valence-corrected chi connectivity index (χ1v) is 6.83. The zero-order valence-electron chi connectivity index (χ0n) is 12.1. The van der Waals surface area contributed by atoms with Gasteiger partial charge >= 0.3 is 0 Å². The largest absolute Gasteiger partial charge is 0.484 e. The number of carbonyl (C=O) groups is 1. The molecule has 1 aromatic rings. The number of hydrogen-bond acceptors (Lipinski definition) is 3. The number of likely N-dealkylation sites (N-methyl/N-ethyl adjacent to an activating group) is 1. The van der Waals surface area contributed by atoms with Crippen molar-refractivity contribution in [1.82, 2.24) is 4.90 Å². The highest BCUT2D eigenvalue weighted by Crippen LogP contribution is 2.12. The van der Waals surface area contributed by atoms with Crippen LogP contribution in [0.25, 0.3) is 0 Å². The van der Waals surface area contributed by atoms with Crippen molar-refractivity contribution in [1.29, 1.82) is 0 Å². The van der Waals surface area contributed by atoms with Crippen LogP contribution in [0.3, 0.4) is 0 Å². The van der Waals surface area contributed by atoms with Gasteiger partial charge in [-0.15, -0.1) is 0 Å². The van der Waals surface area contributed by atoms with Crippen molar-refractivity contribution in [3.05, 3.63) is 29.8 Å². The van der Waals surface area contributed by atoms with Gasteiger partial charge in [-0.25, -0.2) is 0 Å². The Balaban J connectivity index is 2.52. The highest BCUT2D eigenvalue weighted by Gasteiger charge is 2.17. The van der Waals surface area contributed by atoms with E-state index in [4.69, 9.17) is 10.5 Å². The van der Waals surface area contributed by atoms with Crippen molar-refractivity contribution in [2.24, 2.45) is 5.73 Å². The minimum absolute atomic E-state index is 0.0275. The lowest BCUT2D eigenvalue weighted by Gasteiger charge is -2.27. The molecule has 0 radical (unpaired) electrons. The lowest BCUT2D eigenvalue weighted by molar-refractivity contribution is -0.135. The van der Waals surface area contributed by atoms with E-state index >= 15 is 0 Å². The van der Waals surface area contributed by atoms with Gasteiger partial charge in [-0.1, -0.05) is 19.1 Å². The summed E-state index contributed by atoms with van der Waals surface area (Å²) in [5, 5.41) is 0. The average Bonchev–Trinajstić information content (AvgIpc) is 2.46. The van der Waals surface area contributed by atoms with Gasteiger partial charge in [-0.3, -0.25) is 4.79 Å². The zero-order valence-corrected chi connectivity index (χ0v) is 12.1. The summed E-state index contributed by atoms with van der Waals surface area (Å²) in [6.45, 7) is 7.42. The summed E-state index contributed by atoms with van der Waals surface area (Å²) in [7, 11) is 0. The molecule has 0 bridgehead atoms. The molecule has 0 saturated heterocycles. The second-order valence-electron chi connectivity index (χ2n) is 4.57. The van der Waals surface area contributed by atoms with E-state index < -0.39 is 0 Å². The van der Waals surface area contributed by atoms with Crippen LogP contribution in [0.5, 0.6) is 5.75 Å². The molecule has 0 aromatic heterocycles. The van der Waals surface area contributed by atoms with Crippen LogP contribution in [0.1, 0.15) is 32.8 Å². The minimum atomic E-state index is 0.0275. The molecule has 0 aliphatic rings. The molecular weight excluding hydrogens is 240 g/mol. The third-order valence-corrected chi connectivity index (χ3v) is 3.31. The first kappa shape index (κ1) is 15.5. The predicted molar refractivity (Wildman–Crippen MR) is 77.0 cm³/mol. The van der Waals surface area contributed by atoms with Crippen molar-refractivity contribution >= 4 is 5.91 Å². The molecule has 4 heteroatoms. The molecule has 1 unspecified atom stereocenters. The molecule has 0 saturated carbocycles. The van der Waals surface area contributed by atoms with E-state index in [1.165, 1.54) is 0 Å². The number of amides is 1. The summed E-state index contributed by atoms with van der Waals surface area (Å²) in [5.41, 5.74) is 6.58. The highest BCUT2D eigenvalue weighted by molar-refractivity contribution is 5.78. The van der Waals surface area contributed by atoms with Gasteiger partial charge in [0.05, 0.1) is 0 Å². The zero-order chi connectivity index (χ0) is 14.3. The smallest absolute Gasteiger partial charge is 0.260 e. The molecule has 2 N–H and O–H groups in total. The Hall–Kier alpha value is -1.55. The Morgan fingerprint density at radius 1 is 1.32 bits per heavy atom. The Bertz CT molecular complexity index is 390. The van der Waals surface area contributed by atoms with Crippen molar-refractivity contribution in [3.8, 4) is 5.75 Å². The van der Waals surface area contributed by atoms with E-state index in [0.29, 0.717) is 18.8 Å². The molecule has 0 aliphatic heterocycles. The predicted octanol–water partition coefficient (Wildman–Crippen LogP) is 2.17. The number of hydrogen-bond donors (Lipinski definition) is 1. The fraction of sp³-hybridized carbons (Fsp3) is 0.533. The van der Waals surface area contributed by atoms with Crippen LogP contribution in [-0.2, 0) is 11.3 Å². The summed E-state index contributed by atoms with van der Waals surface area (Å²) >= 11 is 0. The first-order chi connectivity index (χ1) is 9.12. The topological polar surface area (TPSA) is 55.6 Å². The summed E-state index contributed by atoms with van der Waals surface area (Å²) in [6.07, 6.45) is 0.949. The van der Waals surface area contributed by atoms with E-state index in [0.717, 1.165) is 12.0 Å². The maximum Gasteiger partial charge on any atom is 0.260 e. The molecular formula is C15H24N2O2. The van der Waals surface area contributed by atoms with Crippen LogP contribution < -0.4 is 10.5 Å². The van der Waals surface area contributed by atoms with Gasteiger partial charge in [0, 0.05) is 19.1 Å². The number of rotatable bonds is 7. The second kappa shape index (κ2) is 7.79. The molecule has 0 heterocycles. The summed E-state index contributed by atoms with van der Waals surface area (Å²) in [5.74, 6) is 0.727. The van der Waals surface area contributed by atoms with Crippen LogP contribution in [-0.4, -0.2) is 30.0 Å². The van der Waals surface area contributed by atoms with Crippen molar-refractivity contribution < 1.29 is 9.53 Å². The molecule has 0 fully saturated rings. The van der Waals surface area contributed by atoms with E-state index in [9.17, 15) is 4.79 Å². The number of nitrogens with two attached hydrogens (primary N) is 1. The van der Waals surface area contributed by atoms with Crippen molar-refractivity contribution in [3.63, 3.8) is 0 Å². The minimum Gasteiger partial charge on any atom is -0.484 e. The summed E-state index contributed by atoms with van der Waals surface area (Å²) < 4.78 is 5.51. The molecule has 0 aliphatic carbocycles. The summed E-state index contributed by atoms with van der Waals surface area (Å²) in [6, 6.07) is 7.75. The molecule has 1 aromatic carbocycles. The van der Waals surface area contributed by atoms with Crippen LogP contribution in [0.2, 0.25) is 0 Å². The molecule has 19 heavy (non-hydrogen) atoms. The number of nitrogens with zero attached hydrogens (tertiary/aromatic N) is 1. The maximum absolute atomic E-state index is 12.1. The second-order valence-corrected chi connectivity index (χ2v) is 4.57. The molecule has 106 valence electrons. The van der Waals surface area contributed by atoms with E-state index in [1.54, 1.807) is 0 Å². The van der Waals surface area contributed by atoms with Gasteiger partial charge in [-0.05, 0) is 38.0 Å². The van der Waals surface area contributed by atoms with Gasteiger partial charge in [0.2, 0.25) is 0 Å². The van der Waals surface area contributed by atoms with Gasteiger partial charge < -0.3 is 15.4 Å². The fourth-order valence-corrected chi connectivity index (χ4v) is 1.90. The molecule has 1 rings (SSSR count). The van der Waals surface area contributed by atoms with Crippen LogP contribution in [0.15, 0.2) is 24.3 Å². The van der Waals surface area contributed by atoms with Gasteiger partial charge in [-0.2, -0.15) is 0 Å². The number of carbonyl (C=O) groups excluding carboxylic acids is 1. The Kier molecular flexibility index (Phi) is 6.36. The van der Waals surface area contributed by atoms with Crippen molar-refractivity contribution in [2.45, 2.75) is 39.8 Å².